The van der Waals surface area contributed by atoms with E-state index in [-0.39, 0.29) is 112 Å². The number of primary amides is 1. The summed E-state index contributed by atoms with van der Waals surface area (Å²) in [6.45, 7) is 6.27. The average molecular weight is 1060 g/mol. The second-order valence-corrected chi connectivity index (χ2v) is 21.2. The van der Waals surface area contributed by atoms with Gasteiger partial charge in [-0.15, -0.1) is 0 Å². The number of fused-ring (bicyclic) bond motifs is 2. The third-order valence-electron chi connectivity index (χ3n) is 16.5. The van der Waals surface area contributed by atoms with Crippen LogP contribution in [0.2, 0.25) is 5.02 Å². The van der Waals surface area contributed by atoms with E-state index in [2.05, 4.69) is 27.6 Å². The maximum atomic E-state index is 16.5. The van der Waals surface area contributed by atoms with Crippen LogP contribution in [-0.4, -0.2) is 113 Å². The predicted molar refractivity (Wildman–Crippen MR) is 273 cm³/mol. The SMILES string of the molecule is CC1CN(C(=O)C2CCC(NCC3(c4ccccc4)Oc4cc(F)c(Cl)c(-c5c(C(N)=O)ccc(OCCO)c5F)c4C3C)CC2)CCC1N1CCC(c2c(F)cc3c(N4CCC(=O)NC4=O)nn(C)c3c2F)CC1. The number of ether oxygens (including phenoxy) is 2. The van der Waals surface area contributed by atoms with Crippen LogP contribution in [0.3, 0.4) is 0 Å². The number of hydrogen-bond acceptors (Lipinski definition) is 10. The van der Waals surface area contributed by atoms with Gasteiger partial charge in [-0.1, -0.05) is 55.8 Å². The van der Waals surface area contributed by atoms with Crippen molar-refractivity contribution in [3.63, 3.8) is 0 Å². The highest BCUT2D eigenvalue weighted by Gasteiger charge is 2.51. The van der Waals surface area contributed by atoms with Crippen LogP contribution in [-0.2, 0) is 22.2 Å². The van der Waals surface area contributed by atoms with Gasteiger partial charge in [0.25, 0.3) is 0 Å². The molecule has 0 spiro atoms. The summed E-state index contributed by atoms with van der Waals surface area (Å²) in [4.78, 5) is 56.9. The molecule has 3 saturated heterocycles. The second-order valence-electron chi connectivity index (χ2n) is 20.8. The lowest BCUT2D eigenvalue weighted by molar-refractivity contribution is -0.139. The van der Waals surface area contributed by atoms with E-state index in [1.165, 1.54) is 33.8 Å². The van der Waals surface area contributed by atoms with Gasteiger partial charge in [0, 0.05) is 91.9 Å². The van der Waals surface area contributed by atoms with Crippen molar-refractivity contribution in [3.05, 3.63) is 105 Å². The lowest BCUT2D eigenvalue weighted by Crippen LogP contribution is -2.54. The largest absolute Gasteiger partial charge is 0.488 e. The summed E-state index contributed by atoms with van der Waals surface area (Å²) in [7, 11) is 1.55. The number of carbonyl (C=O) groups is 4. The van der Waals surface area contributed by atoms with Gasteiger partial charge in [-0.3, -0.25) is 34.2 Å². The van der Waals surface area contributed by atoms with Crippen molar-refractivity contribution in [2.24, 2.45) is 24.6 Å². The molecule has 10 rings (SSSR count). The average Bonchev–Trinajstić information content (AvgIpc) is 3.90. The van der Waals surface area contributed by atoms with Crippen molar-refractivity contribution < 1.29 is 51.3 Å². The second kappa shape index (κ2) is 21.0. The van der Waals surface area contributed by atoms with Crippen molar-refractivity contribution in [2.75, 3.05) is 57.4 Å². The number of aromatic nitrogens is 2. The molecule has 5 amide bonds. The number of anilines is 1. The number of aliphatic hydroxyl groups is 1. The van der Waals surface area contributed by atoms with Crippen molar-refractivity contribution >= 4 is 52.1 Å². The fourth-order valence-electron chi connectivity index (χ4n) is 12.7. The van der Waals surface area contributed by atoms with Gasteiger partial charge in [0.05, 0.1) is 22.6 Å². The Morgan fingerprint density at radius 2 is 1.65 bits per heavy atom. The van der Waals surface area contributed by atoms with Crippen molar-refractivity contribution in [2.45, 2.75) is 94.7 Å². The molecular formula is C55H61ClF4N8O7. The maximum absolute atomic E-state index is 16.5. The van der Waals surface area contributed by atoms with Gasteiger partial charge in [-0.2, -0.15) is 5.10 Å². The molecule has 5 heterocycles. The zero-order valence-corrected chi connectivity index (χ0v) is 42.8. The van der Waals surface area contributed by atoms with Gasteiger partial charge in [0.1, 0.15) is 29.5 Å². The minimum absolute atomic E-state index is 0.0158. The summed E-state index contributed by atoms with van der Waals surface area (Å²) < 4.78 is 78.3. The van der Waals surface area contributed by atoms with E-state index in [4.69, 9.17) is 26.8 Å². The molecule has 0 bridgehead atoms. The number of nitrogens with zero attached hydrogens (tertiary/aromatic N) is 5. The van der Waals surface area contributed by atoms with Crippen LogP contribution >= 0.6 is 11.6 Å². The Hall–Kier alpha value is -6.28. The first-order valence-corrected chi connectivity index (χ1v) is 26.2. The van der Waals surface area contributed by atoms with Gasteiger partial charge in [0.15, 0.2) is 28.8 Å². The minimum Gasteiger partial charge on any atom is -0.488 e. The van der Waals surface area contributed by atoms with Gasteiger partial charge in [-0.25, -0.2) is 22.4 Å². The lowest BCUT2D eigenvalue weighted by atomic mass is 9.77. The van der Waals surface area contributed by atoms with E-state index in [1.54, 1.807) is 7.05 Å². The third-order valence-corrected chi connectivity index (χ3v) is 16.9. The monoisotopic (exact) mass is 1060 g/mol. The first-order valence-electron chi connectivity index (χ1n) is 25.9. The summed E-state index contributed by atoms with van der Waals surface area (Å²) in [5.41, 5.74) is 5.27. The molecule has 1 saturated carbocycles. The predicted octanol–water partition coefficient (Wildman–Crippen LogP) is 8.02. The van der Waals surface area contributed by atoms with E-state index < -0.39 is 64.3 Å². The number of nitrogens with two attached hydrogens (primary N) is 1. The summed E-state index contributed by atoms with van der Waals surface area (Å²) in [5, 5.41) is 19.5. The number of carbonyl (C=O) groups excluding carboxylic acids is 4. The molecule has 4 aromatic carbocycles. The van der Waals surface area contributed by atoms with Gasteiger partial charge >= 0.3 is 6.03 Å². The first kappa shape index (κ1) is 52.2. The van der Waals surface area contributed by atoms with E-state index in [0.29, 0.717) is 57.4 Å². The zero-order valence-electron chi connectivity index (χ0n) is 42.1. The normalized spacial score (nSPS) is 24.6. The number of rotatable bonds is 13. The lowest BCUT2D eigenvalue weighted by Gasteiger charge is -2.46. The molecule has 15 nitrogen and oxygen atoms in total. The molecule has 75 heavy (non-hydrogen) atoms. The number of halogens is 5. The van der Waals surface area contributed by atoms with Crippen LogP contribution in [0.4, 0.5) is 28.2 Å². The molecular weight excluding hydrogens is 996 g/mol. The van der Waals surface area contributed by atoms with Crippen LogP contribution in [0.15, 0.2) is 54.6 Å². The third kappa shape index (κ3) is 9.47. The number of benzene rings is 4. The summed E-state index contributed by atoms with van der Waals surface area (Å²) in [5.74, 6) is -5.43. The molecule has 5 aliphatic rings. The minimum atomic E-state index is -1.14. The highest BCUT2D eigenvalue weighted by molar-refractivity contribution is 6.34. The fraction of sp³-hybridized carbons (Fsp3) is 0.473. The van der Waals surface area contributed by atoms with Gasteiger partial charge in [-0.05, 0) is 93.6 Å². The quantitative estimate of drug-likeness (QED) is 0.0843. The van der Waals surface area contributed by atoms with E-state index in [9.17, 15) is 24.3 Å². The topological polar surface area (TPSA) is 185 Å². The van der Waals surface area contributed by atoms with Crippen LogP contribution in [0.5, 0.6) is 11.5 Å². The van der Waals surface area contributed by atoms with Crippen molar-refractivity contribution in [1.29, 1.82) is 0 Å². The number of nitrogens with one attached hydrogen (secondary N) is 2. The number of likely N-dealkylation sites (tertiary alicyclic amines) is 2. The van der Waals surface area contributed by atoms with E-state index >= 15 is 17.6 Å². The molecule has 1 aliphatic carbocycles. The van der Waals surface area contributed by atoms with Gasteiger partial charge < -0.3 is 30.5 Å². The van der Waals surface area contributed by atoms with Crippen molar-refractivity contribution in [1.82, 2.24) is 30.2 Å². The Labute approximate surface area is 436 Å². The Kier molecular flexibility index (Phi) is 14.6. The number of amides is 5. The molecule has 398 valence electrons. The zero-order chi connectivity index (χ0) is 53.0. The molecule has 5 N–H and O–H groups in total. The fourth-order valence-corrected chi connectivity index (χ4v) is 12.9. The van der Waals surface area contributed by atoms with E-state index in [0.717, 1.165) is 24.8 Å². The molecule has 4 unspecified atom stereocenters. The van der Waals surface area contributed by atoms with E-state index in [1.807, 2.05) is 42.2 Å². The number of aliphatic hydroxyl groups excluding tert-OH is 1. The summed E-state index contributed by atoms with van der Waals surface area (Å²) in [6.07, 6.45) is 4.73. The molecule has 5 aromatic rings. The summed E-state index contributed by atoms with van der Waals surface area (Å²) in [6, 6.07) is 13.9. The number of imide groups is 1. The van der Waals surface area contributed by atoms with Crippen LogP contribution in [0, 0.1) is 35.1 Å². The molecule has 4 atom stereocenters. The number of piperidine rings is 2. The van der Waals surface area contributed by atoms with Crippen molar-refractivity contribution in [3.8, 4) is 22.6 Å². The molecule has 4 aliphatic heterocycles. The number of hydrogen-bond donors (Lipinski definition) is 4. The Bertz CT molecular complexity index is 3060. The molecule has 1 aromatic heterocycles. The summed E-state index contributed by atoms with van der Waals surface area (Å²) >= 11 is 6.72. The standard InChI is InChI=1S/C55H61ClF4N8O7/c1-29-27-67(21-17-39(29)66-19-15-31(16-20-66)44-37(57)25-36-50(49(44)60)65(3)64-52(36)68-22-18-42(70)63-54(68)73)53(72)32-9-11-34(12-10-32)62-28-55(33-7-5-4-6-8-33)30(2)43-41(75-55)26-38(58)47(56)46(43)45-35(51(61)71)13-14-40(48(45)59)74-24-23-69/h4-8,13-14,25-26,29-32,34,39,62,69H,9-12,15-24,27-28H2,1-3H3,(H2,61,71)(H,63,70,73). The number of urea groups is 1. The highest BCUT2D eigenvalue weighted by atomic mass is 35.5. The van der Waals surface area contributed by atoms with Gasteiger partial charge in [0.2, 0.25) is 17.7 Å². The number of aryl methyl sites for hydroxylation is 1. The highest BCUT2D eigenvalue weighted by Crippen LogP contribution is 2.57. The smallest absolute Gasteiger partial charge is 0.329 e. The van der Waals surface area contributed by atoms with Crippen LogP contribution in [0.25, 0.3) is 22.0 Å². The molecule has 0 radical (unpaired) electrons. The van der Waals surface area contributed by atoms with Crippen LogP contribution in [0.1, 0.15) is 104 Å². The maximum Gasteiger partial charge on any atom is 0.329 e. The Morgan fingerprint density at radius 3 is 2.33 bits per heavy atom. The first-order chi connectivity index (χ1) is 36.0. The molecule has 4 fully saturated rings. The Morgan fingerprint density at radius 1 is 0.920 bits per heavy atom. The van der Waals surface area contributed by atoms with Crippen LogP contribution < -0.4 is 30.7 Å². The molecule has 20 heteroatoms. The Balaban J connectivity index is 0.768.